The van der Waals surface area contributed by atoms with E-state index in [9.17, 15) is 0 Å². The fourth-order valence-corrected chi connectivity index (χ4v) is 2.72. The Morgan fingerprint density at radius 1 is 1.54 bits per heavy atom. The molecule has 0 aliphatic carbocycles. The first-order valence-corrected chi connectivity index (χ1v) is 6.01. The average molecular weight is 210 g/mol. The summed E-state index contributed by atoms with van der Waals surface area (Å²) >= 11 is 3.41. The highest BCUT2D eigenvalue weighted by Crippen LogP contribution is 2.28. The van der Waals surface area contributed by atoms with Crippen LogP contribution in [0.3, 0.4) is 0 Å². The van der Waals surface area contributed by atoms with E-state index in [1.165, 1.54) is 10.3 Å². The molecule has 0 saturated heterocycles. The van der Waals surface area contributed by atoms with Gasteiger partial charge >= 0.3 is 0 Å². The summed E-state index contributed by atoms with van der Waals surface area (Å²) in [6, 6.07) is 6.19. The van der Waals surface area contributed by atoms with E-state index in [4.69, 9.17) is 5.73 Å². The molecule has 2 rings (SSSR count). The van der Waals surface area contributed by atoms with Crippen LogP contribution in [0.4, 0.5) is 0 Å². The SMILES string of the molecule is CSc1nc2ccc(CN)cc2s1. The van der Waals surface area contributed by atoms with E-state index < -0.39 is 0 Å². The Kier molecular flexibility index (Phi) is 2.53. The number of aromatic nitrogens is 1. The lowest BCUT2D eigenvalue weighted by molar-refractivity contribution is 1.08. The van der Waals surface area contributed by atoms with Gasteiger partial charge in [0.1, 0.15) is 0 Å². The molecule has 13 heavy (non-hydrogen) atoms. The highest BCUT2D eigenvalue weighted by Gasteiger charge is 2.02. The van der Waals surface area contributed by atoms with Crippen molar-refractivity contribution in [2.75, 3.05) is 6.26 Å². The second kappa shape index (κ2) is 3.65. The van der Waals surface area contributed by atoms with Crippen molar-refractivity contribution < 1.29 is 0 Å². The lowest BCUT2D eigenvalue weighted by Crippen LogP contribution is -1.94. The highest BCUT2D eigenvalue weighted by molar-refractivity contribution is 8.00. The van der Waals surface area contributed by atoms with E-state index in [0.29, 0.717) is 6.54 Å². The van der Waals surface area contributed by atoms with E-state index in [1.54, 1.807) is 23.1 Å². The van der Waals surface area contributed by atoms with Crippen LogP contribution < -0.4 is 5.73 Å². The predicted molar refractivity (Wildman–Crippen MR) is 59.3 cm³/mol. The van der Waals surface area contributed by atoms with Crippen LogP contribution in [0, 0.1) is 0 Å². The normalized spacial score (nSPS) is 10.9. The smallest absolute Gasteiger partial charge is 0.150 e. The molecule has 0 aliphatic heterocycles. The summed E-state index contributed by atoms with van der Waals surface area (Å²) < 4.78 is 2.34. The number of nitrogens with two attached hydrogens (primary N) is 1. The molecule has 1 heterocycles. The number of benzene rings is 1. The van der Waals surface area contributed by atoms with Crippen molar-refractivity contribution in [2.24, 2.45) is 5.73 Å². The number of hydrogen-bond donors (Lipinski definition) is 1. The first-order chi connectivity index (χ1) is 6.33. The summed E-state index contributed by atoms with van der Waals surface area (Å²) in [6.45, 7) is 0.600. The van der Waals surface area contributed by atoms with Crippen molar-refractivity contribution in [1.29, 1.82) is 0 Å². The summed E-state index contributed by atoms with van der Waals surface area (Å²) in [5.41, 5.74) is 7.80. The zero-order valence-corrected chi connectivity index (χ0v) is 8.91. The van der Waals surface area contributed by atoms with Crippen molar-refractivity contribution in [2.45, 2.75) is 10.9 Å². The minimum absolute atomic E-state index is 0.600. The third-order valence-electron chi connectivity index (χ3n) is 1.84. The average Bonchev–Trinajstić information content (AvgIpc) is 2.58. The van der Waals surface area contributed by atoms with Gasteiger partial charge in [0.15, 0.2) is 4.34 Å². The molecule has 4 heteroatoms. The van der Waals surface area contributed by atoms with Crippen LogP contribution in [0.25, 0.3) is 10.2 Å². The van der Waals surface area contributed by atoms with Crippen LogP contribution in [-0.2, 0) is 6.54 Å². The van der Waals surface area contributed by atoms with Gasteiger partial charge in [-0.05, 0) is 24.0 Å². The van der Waals surface area contributed by atoms with Gasteiger partial charge in [-0.1, -0.05) is 17.8 Å². The number of fused-ring (bicyclic) bond motifs is 1. The van der Waals surface area contributed by atoms with Crippen LogP contribution in [0.5, 0.6) is 0 Å². The molecule has 1 aromatic carbocycles. The minimum atomic E-state index is 0.600. The summed E-state index contributed by atoms with van der Waals surface area (Å²) in [4.78, 5) is 4.45. The molecule has 0 bridgehead atoms. The standard InChI is InChI=1S/C9H10N2S2/c1-12-9-11-7-3-2-6(5-10)4-8(7)13-9/h2-4H,5,10H2,1H3. The lowest BCUT2D eigenvalue weighted by Gasteiger charge is -1.93. The highest BCUT2D eigenvalue weighted by atomic mass is 32.2. The molecule has 2 N–H and O–H groups in total. The van der Waals surface area contributed by atoms with Gasteiger partial charge in [0.25, 0.3) is 0 Å². The van der Waals surface area contributed by atoms with Gasteiger partial charge in [-0.25, -0.2) is 4.98 Å². The number of thiazole rings is 1. The molecule has 0 unspecified atom stereocenters. The van der Waals surface area contributed by atoms with Crippen LogP contribution in [0.1, 0.15) is 5.56 Å². The topological polar surface area (TPSA) is 38.9 Å². The molecule has 0 atom stereocenters. The number of thioether (sulfide) groups is 1. The fourth-order valence-electron chi connectivity index (χ4n) is 1.16. The van der Waals surface area contributed by atoms with Crippen molar-refractivity contribution in [1.82, 2.24) is 4.98 Å². The van der Waals surface area contributed by atoms with Gasteiger partial charge in [0, 0.05) is 6.54 Å². The molecule has 0 amide bonds. The number of rotatable bonds is 2. The minimum Gasteiger partial charge on any atom is -0.326 e. The molecule has 68 valence electrons. The second-order valence-electron chi connectivity index (χ2n) is 2.69. The maximum absolute atomic E-state index is 5.56. The van der Waals surface area contributed by atoms with Crippen LogP contribution >= 0.6 is 23.1 Å². The van der Waals surface area contributed by atoms with Gasteiger partial charge in [-0.2, -0.15) is 0 Å². The Morgan fingerprint density at radius 3 is 3.08 bits per heavy atom. The Bertz CT molecular complexity index is 420. The number of nitrogens with zero attached hydrogens (tertiary/aromatic N) is 1. The molecule has 0 radical (unpaired) electrons. The Hall–Kier alpha value is -0.580. The quantitative estimate of drug-likeness (QED) is 0.774. The second-order valence-corrected chi connectivity index (χ2v) is 4.77. The van der Waals surface area contributed by atoms with E-state index in [1.807, 2.05) is 18.4 Å². The van der Waals surface area contributed by atoms with E-state index >= 15 is 0 Å². The van der Waals surface area contributed by atoms with Gasteiger partial charge in [0.2, 0.25) is 0 Å². The van der Waals surface area contributed by atoms with Crippen molar-refractivity contribution in [3.8, 4) is 0 Å². The molecule has 2 aromatic rings. The zero-order valence-electron chi connectivity index (χ0n) is 7.28. The summed E-state index contributed by atoms with van der Waals surface area (Å²) in [5.74, 6) is 0. The van der Waals surface area contributed by atoms with E-state index in [0.717, 1.165) is 9.86 Å². The largest absolute Gasteiger partial charge is 0.326 e. The van der Waals surface area contributed by atoms with Crippen molar-refractivity contribution in [3.63, 3.8) is 0 Å². The molecule has 1 aromatic heterocycles. The lowest BCUT2D eigenvalue weighted by atomic mass is 10.2. The molecular weight excluding hydrogens is 200 g/mol. The molecule has 0 aliphatic rings. The van der Waals surface area contributed by atoms with Crippen molar-refractivity contribution >= 4 is 33.3 Å². The van der Waals surface area contributed by atoms with Crippen LogP contribution in [-0.4, -0.2) is 11.2 Å². The third kappa shape index (κ3) is 1.70. The fraction of sp³-hybridized carbons (Fsp3) is 0.222. The zero-order chi connectivity index (χ0) is 9.26. The molecule has 2 nitrogen and oxygen atoms in total. The van der Waals surface area contributed by atoms with E-state index in [2.05, 4.69) is 11.1 Å². The molecular formula is C9H10N2S2. The van der Waals surface area contributed by atoms with Gasteiger partial charge in [0.05, 0.1) is 10.2 Å². The van der Waals surface area contributed by atoms with Gasteiger partial charge in [-0.3, -0.25) is 0 Å². The first-order valence-electron chi connectivity index (χ1n) is 3.97. The number of hydrogen-bond acceptors (Lipinski definition) is 4. The van der Waals surface area contributed by atoms with Crippen LogP contribution in [0.15, 0.2) is 22.5 Å². The molecule has 0 saturated carbocycles. The first kappa shape index (κ1) is 8.99. The van der Waals surface area contributed by atoms with Gasteiger partial charge < -0.3 is 5.73 Å². The molecule has 0 fully saturated rings. The Labute approximate surface area is 85.2 Å². The maximum atomic E-state index is 5.56. The predicted octanol–water partition coefficient (Wildman–Crippen LogP) is 2.48. The van der Waals surface area contributed by atoms with E-state index in [-0.39, 0.29) is 0 Å². The summed E-state index contributed by atoms with van der Waals surface area (Å²) in [7, 11) is 0. The third-order valence-corrected chi connectivity index (χ3v) is 3.85. The molecule has 0 spiro atoms. The van der Waals surface area contributed by atoms with Gasteiger partial charge in [-0.15, -0.1) is 11.3 Å². The Balaban J connectivity index is 2.57. The van der Waals surface area contributed by atoms with Crippen molar-refractivity contribution in [3.05, 3.63) is 23.8 Å². The maximum Gasteiger partial charge on any atom is 0.150 e. The monoisotopic (exact) mass is 210 g/mol. The van der Waals surface area contributed by atoms with Crippen LogP contribution in [0.2, 0.25) is 0 Å². The Morgan fingerprint density at radius 2 is 2.38 bits per heavy atom. The summed E-state index contributed by atoms with van der Waals surface area (Å²) in [5, 5.41) is 0. The summed E-state index contributed by atoms with van der Waals surface area (Å²) in [6.07, 6.45) is 2.04.